The number of hydrogen-bond acceptors (Lipinski definition) is 3. The van der Waals surface area contributed by atoms with Gasteiger partial charge in [-0.1, -0.05) is 22.6 Å². The number of ether oxygens (including phenoxy) is 1. The first-order chi connectivity index (χ1) is 5.77. The SMILES string of the molecule is COc1cc([C@H](I)CO)ccn1. The van der Waals surface area contributed by atoms with Crippen molar-refractivity contribution in [3.8, 4) is 5.88 Å². The molecule has 1 aromatic heterocycles. The standard InChI is InChI=1S/C8H10INO2/c1-12-8-4-6(2-3-10-8)7(9)5-11/h2-4,7,11H,5H2,1H3/t7-/m1/s1. The van der Waals surface area contributed by atoms with Crippen LogP contribution in [-0.4, -0.2) is 23.8 Å². The van der Waals surface area contributed by atoms with E-state index in [1.54, 1.807) is 13.3 Å². The van der Waals surface area contributed by atoms with E-state index in [1.807, 2.05) is 12.1 Å². The summed E-state index contributed by atoms with van der Waals surface area (Å²) in [6.07, 6.45) is 1.68. The summed E-state index contributed by atoms with van der Waals surface area (Å²) in [6, 6.07) is 3.70. The van der Waals surface area contributed by atoms with Gasteiger partial charge in [0.2, 0.25) is 5.88 Å². The molecule has 3 nitrogen and oxygen atoms in total. The highest BCUT2D eigenvalue weighted by molar-refractivity contribution is 14.1. The number of methoxy groups -OCH3 is 1. The molecular formula is C8H10INO2. The Morgan fingerprint density at radius 1 is 1.75 bits per heavy atom. The van der Waals surface area contributed by atoms with Crippen LogP contribution >= 0.6 is 22.6 Å². The largest absolute Gasteiger partial charge is 0.481 e. The van der Waals surface area contributed by atoms with E-state index in [4.69, 9.17) is 9.84 Å². The van der Waals surface area contributed by atoms with Gasteiger partial charge in [0.1, 0.15) is 0 Å². The van der Waals surface area contributed by atoms with Gasteiger partial charge in [-0.05, 0) is 11.6 Å². The highest BCUT2D eigenvalue weighted by Gasteiger charge is 2.06. The van der Waals surface area contributed by atoms with Crippen molar-refractivity contribution < 1.29 is 9.84 Å². The molecule has 12 heavy (non-hydrogen) atoms. The summed E-state index contributed by atoms with van der Waals surface area (Å²) < 4.78 is 5.06. The van der Waals surface area contributed by atoms with Crippen LogP contribution in [0.3, 0.4) is 0 Å². The third-order valence-corrected chi connectivity index (χ3v) is 2.60. The van der Waals surface area contributed by atoms with Crippen molar-refractivity contribution in [3.05, 3.63) is 23.9 Å². The zero-order valence-corrected chi connectivity index (χ0v) is 8.85. The minimum Gasteiger partial charge on any atom is -0.481 e. The van der Waals surface area contributed by atoms with E-state index in [-0.39, 0.29) is 10.5 Å². The lowest BCUT2D eigenvalue weighted by Gasteiger charge is -2.06. The van der Waals surface area contributed by atoms with Crippen molar-refractivity contribution in [1.29, 1.82) is 0 Å². The predicted octanol–water partition coefficient (Wildman–Crippen LogP) is 1.56. The maximum absolute atomic E-state index is 8.88. The average molecular weight is 279 g/mol. The van der Waals surface area contributed by atoms with Crippen LogP contribution < -0.4 is 4.74 Å². The molecule has 0 aromatic carbocycles. The molecule has 0 aliphatic rings. The molecule has 1 aromatic rings. The smallest absolute Gasteiger partial charge is 0.213 e. The first-order valence-electron chi connectivity index (χ1n) is 3.52. The van der Waals surface area contributed by atoms with Crippen LogP contribution in [0.1, 0.15) is 9.49 Å². The Kier molecular flexibility index (Phi) is 3.74. The first-order valence-corrected chi connectivity index (χ1v) is 4.77. The molecule has 4 heteroatoms. The van der Waals surface area contributed by atoms with Gasteiger partial charge in [0, 0.05) is 12.3 Å². The molecule has 1 heterocycles. The predicted molar refractivity (Wildman–Crippen MR) is 54.6 cm³/mol. The molecule has 1 atom stereocenters. The van der Waals surface area contributed by atoms with E-state index in [0.717, 1.165) is 5.56 Å². The Morgan fingerprint density at radius 2 is 2.50 bits per heavy atom. The maximum atomic E-state index is 8.88. The summed E-state index contributed by atoms with van der Waals surface area (Å²) in [5.41, 5.74) is 1.03. The van der Waals surface area contributed by atoms with Crippen molar-refractivity contribution in [1.82, 2.24) is 4.98 Å². The number of nitrogens with zero attached hydrogens (tertiary/aromatic N) is 1. The maximum Gasteiger partial charge on any atom is 0.213 e. The van der Waals surface area contributed by atoms with Crippen LogP contribution in [0.5, 0.6) is 5.88 Å². The lowest BCUT2D eigenvalue weighted by molar-refractivity contribution is 0.300. The van der Waals surface area contributed by atoms with Crippen molar-refractivity contribution in [2.45, 2.75) is 3.92 Å². The van der Waals surface area contributed by atoms with E-state index in [9.17, 15) is 0 Å². The lowest BCUT2D eigenvalue weighted by Crippen LogP contribution is -1.96. The molecule has 0 fully saturated rings. The summed E-state index contributed by atoms with van der Waals surface area (Å²) in [7, 11) is 1.58. The van der Waals surface area contributed by atoms with Gasteiger partial charge in [-0.3, -0.25) is 0 Å². The Hall–Kier alpha value is -0.360. The fourth-order valence-corrected chi connectivity index (χ4v) is 1.22. The number of halogens is 1. The van der Waals surface area contributed by atoms with E-state index >= 15 is 0 Å². The lowest BCUT2D eigenvalue weighted by atomic mass is 10.2. The molecule has 0 spiro atoms. The van der Waals surface area contributed by atoms with Crippen molar-refractivity contribution >= 4 is 22.6 Å². The van der Waals surface area contributed by atoms with E-state index in [2.05, 4.69) is 27.6 Å². The van der Waals surface area contributed by atoms with Gasteiger partial charge in [0.15, 0.2) is 0 Å². The minimum absolute atomic E-state index is 0.111. The average Bonchev–Trinajstić information content (AvgIpc) is 2.17. The Bertz CT molecular complexity index is 255. The monoisotopic (exact) mass is 279 g/mol. The van der Waals surface area contributed by atoms with Crippen LogP contribution in [-0.2, 0) is 0 Å². The fourth-order valence-electron chi connectivity index (χ4n) is 0.837. The molecular weight excluding hydrogens is 269 g/mol. The minimum atomic E-state index is 0.111. The van der Waals surface area contributed by atoms with Gasteiger partial charge in [0.25, 0.3) is 0 Å². The number of alkyl halides is 1. The Morgan fingerprint density at radius 3 is 3.08 bits per heavy atom. The highest BCUT2D eigenvalue weighted by atomic mass is 127. The Labute approximate surface area is 84.9 Å². The normalized spacial score (nSPS) is 12.6. The molecule has 0 saturated heterocycles. The molecule has 0 unspecified atom stereocenters. The van der Waals surface area contributed by atoms with Crippen LogP contribution in [0.2, 0.25) is 0 Å². The molecule has 1 N–H and O–H groups in total. The summed E-state index contributed by atoms with van der Waals surface area (Å²) in [6.45, 7) is 0.133. The second kappa shape index (κ2) is 4.61. The zero-order valence-electron chi connectivity index (χ0n) is 6.70. The van der Waals surface area contributed by atoms with Gasteiger partial charge in [0.05, 0.1) is 17.6 Å². The van der Waals surface area contributed by atoms with E-state index in [0.29, 0.717) is 5.88 Å². The van der Waals surface area contributed by atoms with Crippen LogP contribution in [0, 0.1) is 0 Å². The number of rotatable bonds is 3. The highest BCUT2D eigenvalue weighted by Crippen LogP contribution is 2.23. The van der Waals surface area contributed by atoms with Crippen LogP contribution in [0.15, 0.2) is 18.3 Å². The third-order valence-electron chi connectivity index (χ3n) is 1.49. The van der Waals surface area contributed by atoms with Crippen LogP contribution in [0.4, 0.5) is 0 Å². The molecule has 1 rings (SSSR count). The molecule has 0 bridgehead atoms. The van der Waals surface area contributed by atoms with Crippen molar-refractivity contribution in [2.24, 2.45) is 0 Å². The van der Waals surface area contributed by atoms with E-state index in [1.165, 1.54) is 0 Å². The number of aliphatic hydroxyl groups is 1. The first kappa shape index (κ1) is 9.73. The fraction of sp³-hybridized carbons (Fsp3) is 0.375. The molecule has 0 radical (unpaired) electrons. The quantitative estimate of drug-likeness (QED) is 0.674. The topological polar surface area (TPSA) is 42.4 Å². The molecule has 0 aliphatic carbocycles. The second-order valence-electron chi connectivity index (χ2n) is 2.28. The number of aromatic nitrogens is 1. The van der Waals surface area contributed by atoms with Crippen molar-refractivity contribution in [3.63, 3.8) is 0 Å². The van der Waals surface area contributed by atoms with Gasteiger partial charge in [-0.2, -0.15) is 0 Å². The molecule has 0 saturated carbocycles. The number of hydrogen-bond donors (Lipinski definition) is 1. The zero-order chi connectivity index (χ0) is 8.97. The second-order valence-corrected chi connectivity index (χ2v) is 3.79. The van der Waals surface area contributed by atoms with Crippen LogP contribution in [0.25, 0.3) is 0 Å². The summed E-state index contributed by atoms with van der Waals surface area (Å²) >= 11 is 2.17. The summed E-state index contributed by atoms with van der Waals surface area (Å²) in [5.74, 6) is 0.586. The third kappa shape index (κ3) is 2.31. The Balaban J connectivity index is 2.86. The van der Waals surface area contributed by atoms with Gasteiger partial charge >= 0.3 is 0 Å². The molecule has 66 valence electrons. The summed E-state index contributed by atoms with van der Waals surface area (Å²) in [4.78, 5) is 3.97. The molecule has 0 aliphatic heterocycles. The number of pyridine rings is 1. The van der Waals surface area contributed by atoms with Gasteiger partial charge in [-0.15, -0.1) is 0 Å². The van der Waals surface area contributed by atoms with Crippen molar-refractivity contribution in [2.75, 3.05) is 13.7 Å². The summed E-state index contributed by atoms with van der Waals surface area (Å²) in [5, 5.41) is 8.88. The van der Waals surface area contributed by atoms with Gasteiger partial charge < -0.3 is 9.84 Å². The van der Waals surface area contributed by atoms with Gasteiger partial charge in [-0.25, -0.2) is 4.98 Å². The number of aliphatic hydroxyl groups excluding tert-OH is 1. The molecule has 0 amide bonds. The van der Waals surface area contributed by atoms with E-state index < -0.39 is 0 Å².